The lowest BCUT2D eigenvalue weighted by molar-refractivity contribution is -0.394. The molecule has 0 aliphatic heterocycles. The minimum absolute atomic E-state index is 0.0372. The van der Waals surface area contributed by atoms with Gasteiger partial charge in [0.05, 0.1) is 22.5 Å². The lowest BCUT2D eigenvalue weighted by Gasteiger charge is -2.20. The fourth-order valence-corrected chi connectivity index (χ4v) is 2.00. The SMILES string of the molecule is CCCCN(CCO)Cc1ccc([N+](=O)[O-])cc1[N+](=O)[O-]. The Morgan fingerprint density at radius 1 is 1.19 bits per heavy atom. The minimum Gasteiger partial charge on any atom is -0.395 e. The van der Waals surface area contributed by atoms with E-state index in [0.717, 1.165) is 18.9 Å². The molecule has 0 atom stereocenters. The number of unbranched alkanes of at least 4 members (excludes halogenated alkanes) is 1. The molecule has 21 heavy (non-hydrogen) atoms. The van der Waals surface area contributed by atoms with Crippen LogP contribution in [0.4, 0.5) is 11.4 Å². The zero-order valence-corrected chi connectivity index (χ0v) is 11.9. The molecule has 8 heteroatoms. The lowest BCUT2D eigenvalue weighted by Crippen LogP contribution is -2.27. The number of aliphatic hydroxyl groups excluding tert-OH is 1. The highest BCUT2D eigenvalue weighted by Gasteiger charge is 2.20. The summed E-state index contributed by atoms with van der Waals surface area (Å²) in [5.41, 5.74) is -0.147. The van der Waals surface area contributed by atoms with Crippen LogP contribution in [-0.2, 0) is 6.54 Å². The number of hydrogen-bond donors (Lipinski definition) is 1. The predicted octanol–water partition coefficient (Wildman–Crippen LogP) is 2.10. The van der Waals surface area contributed by atoms with Gasteiger partial charge in [-0.1, -0.05) is 13.3 Å². The lowest BCUT2D eigenvalue weighted by atomic mass is 10.1. The molecule has 0 bridgehead atoms. The highest BCUT2D eigenvalue weighted by Crippen LogP contribution is 2.25. The van der Waals surface area contributed by atoms with Gasteiger partial charge in [0.2, 0.25) is 0 Å². The van der Waals surface area contributed by atoms with Crippen molar-refractivity contribution in [1.82, 2.24) is 4.90 Å². The molecule has 0 radical (unpaired) electrons. The topological polar surface area (TPSA) is 110 Å². The molecule has 0 spiro atoms. The van der Waals surface area contributed by atoms with Crippen LogP contribution in [0.25, 0.3) is 0 Å². The molecular formula is C13H19N3O5. The summed E-state index contributed by atoms with van der Waals surface area (Å²) in [4.78, 5) is 22.4. The highest BCUT2D eigenvalue weighted by molar-refractivity contribution is 5.49. The Labute approximate surface area is 122 Å². The van der Waals surface area contributed by atoms with Crippen molar-refractivity contribution in [3.63, 3.8) is 0 Å². The maximum absolute atomic E-state index is 11.1. The summed E-state index contributed by atoms with van der Waals surface area (Å²) in [6.45, 7) is 3.41. The zero-order chi connectivity index (χ0) is 15.8. The maximum atomic E-state index is 11.1. The van der Waals surface area contributed by atoms with Crippen LogP contribution in [-0.4, -0.2) is 39.5 Å². The van der Waals surface area contributed by atoms with E-state index in [9.17, 15) is 20.2 Å². The van der Waals surface area contributed by atoms with Crippen LogP contribution in [0.2, 0.25) is 0 Å². The third-order valence-electron chi connectivity index (χ3n) is 3.11. The number of non-ortho nitro benzene ring substituents is 1. The van der Waals surface area contributed by atoms with Crippen LogP contribution in [0.5, 0.6) is 0 Å². The number of nitro groups is 2. The minimum atomic E-state index is -0.653. The van der Waals surface area contributed by atoms with Crippen molar-refractivity contribution in [2.45, 2.75) is 26.3 Å². The van der Waals surface area contributed by atoms with Crippen LogP contribution in [0.1, 0.15) is 25.3 Å². The Hall–Kier alpha value is -2.06. The molecule has 0 saturated carbocycles. The third-order valence-corrected chi connectivity index (χ3v) is 3.11. The van der Waals surface area contributed by atoms with Crippen LogP contribution in [0.15, 0.2) is 18.2 Å². The quantitative estimate of drug-likeness (QED) is 0.552. The van der Waals surface area contributed by atoms with Gasteiger partial charge in [-0.15, -0.1) is 0 Å². The highest BCUT2D eigenvalue weighted by atomic mass is 16.6. The van der Waals surface area contributed by atoms with Gasteiger partial charge >= 0.3 is 0 Å². The van der Waals surface area contributed by atoms with E-state index in [2.05, 4.69) is 0 Å². The third kappa shape index (κ3) is 5.09. The van der Waals surface area contributed by atoms with E-state index in [4.69, 9.17) is 5.11 Å². The monoisotopic (exact) mass is 297 g/mol. The summed E-state index contributed by atoms with van der Waals surface area (Å²) in [5.74, 6) is 0. The van der Waals surface area contributed by atoms with E-state index < -0.39 is 9.85 Å². The first kappa shape index (κ1) is 17.0. The first-order chi connectivity index (χ1) is 9.99. The Kier molecular flexibility index (Phi) is 6.70. The largest absolute Gasteiger partial charge is 0.395 e. The summed E-state index contributed by atoms with van der Waals surface area (Å²) in [6.07, 6.45) is 1.89. The molecule has 0 aliphatic carbocycles. The fraction of sp³-hybridized carbons (Fsp3) is 0.538. The Morgan fingerprint density at radius 2 is 1.90 bits per heavy atom. The molecule has 1 aromatic rings. The first-order valence-corrected chi connectivity index (χ1v) is 6.74. The van der Waals surface area contributed by atoms with E-state index in [1.165, 1.54) is 12.1 Å². The first-order valence-electron chi connectivity index (χ1n) is 6.74. The van der Waals surface area contributed by atoms with Gasteiger partial charge in [-0.05, 0) is 19.0 Å². The number of nitro benzene ring substituents is 2. The van der Waals surface area contributed by atoms with Crippen molar-refractivity contribution in [1.29, 1.82) is 0 Å². The zero-order valence-electron chi connectivity index (χ0n) is 11.9. The smallest absolute Gasteiger partial charge is 0.280 e. The summed E-state index contributed by atoms with van der Waals surface area (Å²) >= 11 is 0. The van der Waals surface area contributed by atoms with Crippen molar-refractivity contribution in [3.05, 3.63) is 44.0 Å². The molecule has 0 amide bonds. The van der Waals surface area contributed by atoms with E-state index in [0.29, 0.717) is 18.7 Å². The summed E-state index contributed by atoms with van der Waals surface area (Å²) < 4.78 is 0. The van der Waals surface area contributed by atoms with E-state index in [1.807, 2.05) is 11.8 Å². The van der Waals surface area contributed by atoms with Gasteiger partial charge in [0.25, 0.3) is 11.4 Å². The van der Waals surface area contributed by atoms with Crippen molar-refractivity contribution in [2.75, 3.05) is 19.7 Å². The molecule has 0 aromatic heterocycles. The van der Waals surface area contributed by atoms with E-state index >= 15 is 0 Å². The number of aliphatic hydroxyl groups is 1. The Balaban J connectivity index is 2.99. The fourth-order valence-electron chi connectivity index (χ4n) is 2.00. The van der Waals surface area contributed by atoms with Crippen LogP contribution < -0.4 is 0 Å². The molecule has 1 aromatic carbocycles. The van der Waals surface area contributed by atoms with Crippen LogP contribution in [0, 0.1) is 20.2 Å². The van der Waals surface area contributed by atoms with Gasteiger partial charge < -0.3 is 5.11 Å². The molecule has 8 nitrogen and oxygen atoms in total. The molecule has 1 N–H and O–H groups in total. The predicted molar refractivity (Wildman–Crippen MR) is 77.0 cm³/mol. The van der Waals surface area contributed by atoms with Crippen molar-refractivity contribution >= 4 is 11.4 Å². The molecule has 116 valence electrons. The molecule has 0 heterocycles. The summed E-state index contributed by atoms with van der Waals surface area (Å²) in [7, 11) is 0. The number of nitrogens with zero attached hydrogens (tertiary/aromatic N) is 3. The molecule has 1 rings (SSSR count). The molecular weight excluding hydrogens is 278 g/mol. The van der Waals surface area contributed by atoms with Crippen LogP contribution >= 0.6 is 0 Å². The van der Waals surface area contributed by atoms with Gasteiger partial charge in [-0.3, -0.25) is 25.1 Å². The standard InChI is InChI=1S/C13H19N3O5/c1-2-3-6-14(7-8-17)10-11-4-5-12(15(18)19)9-13(11)16(20)21/h4-5,9,17H,2-3,6-8,10H2,1H3. The van der Waals surface area contributed by atoms with Crippen LogP contribution in [0.3, 0.4) is 0 Å². The number of rotatable bonds is 9. The van der Waals surface area contributed by atoms with Crippen molar-refractivity contribution in [3.8, 4) is 0 Å². The Morgan fingerprint density at radius 3 is 2.43 bits per heavy atom. The number of hydrogen-bond acceptors (Lipinski definition) is 6. The van der Waals surface area contributed by atoms with Gasteiger partial charge in [0, 0.05) is 24.7 Å². The molecule has 0 aliphatic rings. The second-order valence-corrected chi connectivity index (χ2v) is 4.68. The van der Waals surface area contributed by atoms with Gasteiger partial charge in [0.1, 0.15) is 0 Å². The van der Waals surface area contributed by atoms with Gasteiger partial charge in [0.15, 0.2) is 0 Å². The second kappa shape index (κ2) is 8.28. The maximum Gasteiger partial charge on any atom is 0.280 e. The van der Waals surface area contributed by atoms with Gasteiger partial charge in [-0.2, -0.15) is 0 Å². The Bertz CT molecular complexity index is 507. The van der Waals surface area contributed by atoms with Crippen molar-refractivity contribution < 1.29 is 15.0 Å². The second-order valence-electron chi connectivity index (χ2n) is 4.68. The average Bonchev–Trinajstić information content (AvgIpc) is 2.44. The van der Waals surface area contributed by atoms with E-state index in [1.54, 1.807) is 0 Å². The normalized spacial score (nSPS) is 10.8. The number of benzene rings is 1. The molecule has 0 saturated heterocycles. The summed E-state index contributed by atoms with van der Waals surface area (Å²) in [5, 5.41) is 30.8. The molecule has 0 unspecified atom stereocenters. The van der Waals surface area contributed by atoms with Crippen molar-refractivity contribution in [2.24, 2.45) is 0 Å². The van der Waals surface area contributed by atoms with Gasteiger partial charge in [-0.25, -0.2) is 0 Å². The van der Waals surface area contributed by atoms with E-state index in [-0.39, 0.29) is 24.5 Å². The summed E-state index contributed by atoms with van der Waals surface area (Å²) in [6, 6.07) is 3.65. The average molecular weight is 297 g/mol. The molecule has 0 fully saturated rings.